The normalized spacial score (nSPS) is 12.1. The van der Waals surface area contributed by atoms with E-state index in [0.29, 0.717) is 12.0 Å². The average molecular weight is 262 g/mol. The summed E-state index contributed by atoms with van der Waals surface area (Å²) in [4.78, 5) is 24.3. The average Bonchev–Trinajstić information content (AvgIpc) is 2.37. The Morgan fingerprint density at radius 3 is 1.95 bits per heavy atom. The van der Waals surface area contributed by atoms with Crippen molar-refractivity contribution >= 4 is 11.8 Å². The highest BCUT2D eigenvalue weighted by Gasteiger charge is 2.29. The van der Waals surface area contributed by atoms with Gasteiger partial charge in [0.1, 0.15) is 5.92 Å². The minimum absolute atomic E-state index is 0.129. The number of aryl methyl sites for hydroxylation is 2. The van der Waals surface area contributed by atoms with Crippen molar-refractivity contribution in [3.63, 3.8) is 0 Å². The van der Waals surface area contributed by atoms with E-state index in [1.54, 1.807) is 0 Å². The largest absolute Gasteiger partial charge is 0.468 e. The van der Waals surface area contributed by atoms with Crippen molar-refractivity contribution in [2.75, 3.05) is 7.11 Å². The van der Waals surface area contributed by atoms with Crippen LogP contribution in [-0.4, -0.2) is 18.9 Å². The molecule has 0 saturated carbocycles. The zero-order valence-corrected chi connectivity index (χ0v) is 12.6. The fraction of sp³-hybridized carbons (Fsp3) is 0.500. The SMILES string of the molecule is CCC(C(=O)OC)C(=O)c1c(C)c(C)cc(C)c1C. The van der Waals surface area contributed by atoms with Gasteiger partial charge in [-0.1, -0.05) is 13.0 Å². The molecular formula is C16H22O3. The van der Waals surface area contributed by atoms with E-state index in [-0.39, 0.29) is 5.78 Å². The quantitative estimate of drug-likeness (QED) is 0.475. The van der Waals surface area contributed by atoms with Crippen molar-refractivity contribution in [2.45, 2.75) is 41.0 Å². The molecule has 0 aliphatic rings. The van der Waals surface area contributed by atoms with Gasteiger partial charge in [0, 0.05) is 5.56 Å². The van der Waals surface area contributed by atoms with Gasteiger partial charge in [-0.05, 0) is 56.4 Å². The molecule has 0 aliphatic carbocycles. The molecule has 0 heterocycles. The Morgan fingerprint density at radius 1 is 1.11 bits per heavy atom. The van der Waals surface area contributed by atoms with Crippen LogP contribution in [0.5, 0.6) is 0 Å². The van der Waals surface area contributed by atoms with Crippen molar-refractivity contribution in [1.82, 2.24) is 0 Å². The van der Waals surface area contributed by atoms with Gasteiger partial charge in [0.2, 0.25) is 0 Å². The lowest BCUT2D eigenvalue weighted by molar-refractivity contribution is -0.143. The number of carbonyl (C=O) groups is 2. The zero-order chi connectivity index (χ0) is 14.7. The van der Waals surface area contributed by atoms with Crippen LogP contribution in [0.25, 0.3) is 0 Å². The molecule has 0 radical (unpaired) electrons. The van der Waals surface area contributed by atoms with Gasteiger partial charge in [-0.3, -0.25) is 9.59 Å². The van der Waals surface area contributed by atoms with Gasteiger partial charge >= 0.3 is 5.97 Å². The molecular weight excluding hydrogens is 240 g/mol. The van der Waals surface area contributed by atoms with Crippen molar-refractivity contribution in [1.29, 1.82) is 0 Å². The van der Waals surface area contributed by atoms with Crippen LogP contribution in [0.1, 0.15) is 46.0 Å². The van der Waals surface area contributed by atoms with Crippen LogP contribution in [0, 0.1) is 33.6 Å². The summed E-state index contributed by atoms with van der Waals surface area (Å²) in [5.74, 6) is -1.29. The Kier molecular flexibility index (Phi) is 4.87. The standard InChI is InChI=1S/C16H22O3/c1-7-13(16(18)19-6)15(17)14-11(4)9(2)8-10(3)12(14)5/h8,13H,7H2,1-6H3. The summed E-state index contributed by atoms with van der Waals surface area (Å²) < 4.78 is 4.73. The third-order valence-corrected chi connectivity index (χ3v) is 3.82. The summed E-state index contributed by atoms with van der Waals surface area (Å²) in [6.45, 7) is 9.65. The maximum absolute atomic E-state index is 12.6. The molecule has 0 saturated heterocycles. The highest BCUT2D eigenvalue weighted by atomic mass is 16.5. The molecule has 19 heavy (non-hydrogen) atoms. The molecule has 1 unspecified atom stereocenters. The summed E-state index contributed by atoms with van der Waals surface area (Å²) in [5, 5.41) is 0. The minimum Gasteiger partial charge on any atom is -0.468 e. The number of carbonyl (C=O) groups excluding carboxylic acids is 2. The van der Waals surface area contributed by atoms with Gasteiger partial charge in [0.25, 0.3) is 0 Å². The lowest BCUT2D eigenvalue weighted by Gasteiger charge is -2.18. The van der Waals surface area contributed by atoms with E-state index in [9.17, 15) is 9.59 Å². The van der Waals surface area contributed by atoms with Crippen LogP contribution in [0.15, 0.2) is 6.07 Å². The van der Waals surface area contributed by atoms with Gasteiger partial charge < -0.3 is 4.74 Å². The second kappa shape index (κ2) is 6.00. The second-order valence-electron chi connectivity index (χ2n) is 4.98. The van der Waals surface area contributed by atoms with Crippen molar-refractivity contribution in [3.8, 4) is 0 Å². The fourth-order valence-corrected chi connectivity index (χ4v) is 2.36. The maximum atomic E-state index is 12.6. The van der Waals surface area contributed by atoms with Gasteiger partial charge in [0.05, 0.1) is 7.11 Å². The molecule has 1 aromatic carbocycles. The molecule has 0 aliphatic heterocycles. The van der Waals surface area contributed by atoms with Crippen molar-refractivity contribution in [2.24, 2.45) is 5.92 Å². The smallest absolute Gasteiger partial charge is 0.316 e. The topological polar surface area (TPSA) is 43.4 Å². The molecule has 0 aromatic heterocycles. The second-order valence-corrected chi connectivity index (χ2v) is 4.98. The summed E-state index contributed by atoms with van der Waals surface area (Å²) in [5.41, 5.74) is 4.73. The molecule has 3 heteroatoms. The lowest BCUT2D eigenvalue weighted by atomic mass is 9.86. The van der Waals surface area contributed by atoms with E-state index in [1.807, 2.05) is 34.6 Å². The maximum Gasteiger partial charge on any atom is 0.316 e. The number of esters is 1. The summed E-state index contributed by atoms with van der Waals surface area (Å²) in [6.07, 6.45) is 0.456. The molecule has 1 atom stereocenters. The zero-order valence-electron chi connectivity index (χ0n) is 12.6. The van der Waals surface area contributed by atoms with Crippen LogP contribution < -0.4 is 0 Å². The molecule has 1 rings (SSSR count). The molecule has 0 N–H and O–H groups in total. The van der Waals surface area contributed by atoms with Gasteiger partial charge in [-0.25, -0.2) is 0 Å². The highest BCUT2D eigenvalue weighted by molar-refractivity contribution is 6.10. The third-order valence-electron chi connectivity index (χ3n) is 3.82. The van der Waals surface area contributed by atoms with Crippen LogP contribution in [0.4, 0.5) is 0 Å². The van der Waals surface area contributed by atoms with Gasteiger partial charge in [0.15, 0.2) is 5.78 Å². The Bertz CT molecular complexity index is 489. The first-order valence-corrected chi connectivity index (χ1v) is 6.54. The van der Waals surface area contributed by atoms with Crippen molar-refractivity contribution in [3.05, 3.63) is 33.9 Å². The molecule has 104 valence electrons. The monoisotopic (exact) mass is 262 g/mol. The van der Waals surface area contributed by atoms with Gasteiger partial charge in [-0.2, -0.15) is 0 Å². The number of ether oxygens (including phenoxy) is 1. The van der Waals surface area contributed by atoms with Crippen LogP contribution in [0.2, 0.25) is 0 Å². The Hall–Kier alpha value is -1.64. The third kappa shape index (κ3) is 2.86. The first-order valence-electron chi connectivity index (χ1n) is 6.54. The Morgan fingerprint density at radius 2 is 1.58 bits per heavy atom. The summed E-state index contributed by atoms with van der Waals surface area (Å²) in [7, 11) is 1.32. The molecule has 0 bridgehead atoms. The Labute approximate surface area is 115 Å². The predicted molar refractivity (Wildman–Crippen MR) is 75.5 cm³/mol. The van der Waals surface area contributed by atoms with E-state index < -0.39 is 11.9 Å². The van der Waals surface area contributed by atoms with E-state index in [0.717, 1.165) is 22.3 Å². The summed E-state index contributed by atoms with van der Waals surface area (Å²) in [6, 6.07) is 2.07. The number of rotatable bonds is 4. The number of ketones is 1. The van der Waals surface area contributed by atoms with E-state index in [1.165, 1.54) is 7.11 Å². The Balaban J connectivity index is 3.37. The van der Waals surface area contributed by atoms with Gasteiger partial charge in [-0.15, -0.1) is 0 Å². The van der Waals surface area contributed by atoms with E-state index >= 15 is 0 Å². The first kappa shape index (κ1) is 15.4. The number of hydrogen-bond donors (Lipinski definition) is 0. The van der Waals surface area contributed by atoms with Crippen LogP contribution in [-0.2, 0) is 9.53 Å². The predicted octanol–water partition coefficient (Wildman–Crippen LogP) is 3.30. The van der Waals surface area contributed by atoms with E-state index in [4.69, 9.17) is 4.74 Å². The molecule has 0 fully saturated rings. The molecule has 3 nitrogen and oxygen atoms in total. The van der Waals surface area contributed by atoms with Crippen LogP contribution in [0.3, 0.4) is 0 Å². The summed E-state index contributed by atoms with van der Waals surface area (Å²) >= 11 is 0. The lowest BCUT2D eigenvalue weighted by Crippen LogP contribution is -2.26. The number of hydrogen-bond acceptors (Lipinski definition) is 3. The minimum atomic E-state index is -0.705. The van der Waals surface area contributed by atoms with Crippen molar-refractivity contribution < 1.29 is 14.3 Å². The number of benzene rings is 1. The number of methoxy groups -OCH3 is 1. The fourth-order valence-electron chi connectivity index (χ4n) is 2.36. The highest BCUT2D eigenvalue weighted by Crippen LogP contribution is 2.25. The molecule has 1 aromatic rings. The number of Topliss-reactive ketones (excluding diaryl/α,β-unsaturated/α-hetero) is 1. The first-order chi connectivity index (χ1) is 8.84. The van der Waals surface area contributed by atoms with Crippen LogP contribution >= 0.6 is 0 Å². The molecule has 0 spiro atoms. The molecule has 0 amide bonds. The van der Waals surface area contributed by atoms with E-state index in [2.05, 4.69) is 6.07 Å².